The molecule has 1 spiro atoms. The Labute approximate surface area is 116 Å². The molecule has 0 aromatic heterocycles. The van der Waals surface area contributed by atoms with Gasteiger partial charge < -0.3 is 10.2 Å². The molecule has 2 heterocycles. The number of halogens is 1. The molecule has 1 N–H and O–H groups in total. The van der Waals surface area contributed by atoms with Crippen LogP contribution in [0.4, 0.5) is 0 Å². The van der Waals surface area contributed by atoms with E-state index in [9.17, 15) is 4.79 Å². The van der Waals surface area contributed by atoms with E-state index in [0.29, 0.717) is 5.41 Å². The maximum atomic E-state index is 12.4. The van der Waals surface area contributed by atoms with Crippen LogP contribution in [0.15, 0.2) is 28.7 Å². The molecule has 2 aliphatic rings. The minimum absolute atomic E-state index is 0.167. The van der Waals surface area contributed by atoms with Crippen molar-refractivity contribution in [3.63, 3.8) is 0 Å². The zero-order valence-corrected chi connectivity index (χ0v) is 11.9. The van der Waals surface area contributed by atoms with E-state index in [0.717, 1.165) is 42.6 Å². The highest BCUT2D eigenvalue weighted by atomic mass is 79.9. The van der Waals surface area contributed by atoms with E-state index in [2.05, 4.69) is 21.2 Å². The van der Waals surface area contributed by atoms with Gasteiger partial charge in [0.05, 0.1) is 0 Å². The van der Waals surface area contributed by atoms with E-state index in [4.69, 9.17) is 0 Å². The molecule has 3 rings (SSSR count). The van der Waals surface area contributed by atoms with Crippen molar-refractivity contribution in [3.8, 4) is 0 Å². The largest absolute Gasteiger partial charge is 0.338 e. The van der Waals surface area contributed by atoms with Crippen LogP contribution in [-0.2, 0) is 0 Å². The lowest BCUT2D eigenvalue weighted by molar-refractivity contribution is 0.0775. The fraction of sp³-hybridized carbons (Fsp3) is 0.500. The van der Waals surface area contributed by atoms with E-state index >= 15 is 0 Å². The van der Waals surface area contributed by atoms with Crippen LogP contribution in [0.1, 0.15) is 23.2 Å². The Morgan fingerprint density at radius 1 is 1.39 bits per heavy atom. The number of amides is 1. The zero-order valence-electron chi connectivity index (χ0n) is 10.3. The minimum Gasteiger partial charge on any atom is -0.338 e. The summed E-state index contributed by atoms with van der Waals surface area (Å²) < 4.78 is 0.963. The van der Waals surface area contributed by atoms with Gasteiger partial charge in [0.15, 0.2) is 0 Å². The second-order valence-corrected chi connectivity index (χ2v) is 6.33. The number of hydrogen-bond donors (Lipinski definition) is 1. The Morgan fingerprint density at radius 3 is 3.00 bits per heavy atom. The summed E-state index contributed by atoms with van der Waals surface area (Å²) in [4.78, 5) is 14.4. The highest BCUT2D eigenvalue weighted by Gasteiger charge is 2.41. The van der Waals surface area contributed by atoms with Gasteiger partial charge in [0.25, 0.3) is 5.91 Å². The summed E-state index contributed by atoms with van der Waals surface area (Å²) in [6.45, 7) is 3.96. The minimum atomic E-state index is 0.167. The molecule has 0 radical (unpaired) electrons. The summed E-state index contributed by atoms with van der Waals surface area (Å²) in [6, 6.07) is 7.66. The molecule has 0 bridgehead atoms. The normalized spacial score (nSPS) is 27.1. The molecule has 1 aromatic rings. The first-order chi connectivity index (χ1) is 8.69. The van der Waals surface area contributed by atoms with Gasteiger partial charge in [-0.05, 0) is 37.6 Å². The first kappa shape index (κ1) is 12.2. The summed E-state index contributed by atoms with van der Waals surface area (Å²) in [7, 11) is 0. The maximum Gasteiger partial charge on any atom is 0.253 e. The van der Waals surface area contributed by atoms with Crippen LogP contribution in [0.5, 0.6) is 0 Å². The third-order valence-corrected chi connectivity index (χ3v) is 4.62. The number of carbonyl (C=O) groups is 1. The van der Waals surface area contributed by atoms with Gasteiger partial charge in [0, 0.05) is 35.1 Å². The topological polar surface area (TPSA) is 32.3 Å². The van der Waals surface area contributed by atoms with E-state index in [1.54, 1.807) is 0 Å². The van der Waals surface area contributed by atoms with Gasteiger partial charge in [-0.25, -0.2) is 0 Å². The number of likely N-dealkylation sites (tertiary alicyclic amines) is 1. The monoisotopic (exact) mass is 308 g/mol. The lowest BCUT2D eigenvalue weighted by atomic mass is 9.86. The van der Waals surface area contributed by atoms with E-state index in [1.165, 1.54) is 6.42 Å². The molecule has 2 saturated heterocycles. The maximum absolute atomic E-state index is 12.4. The van der Waals surface area contributed by atoms with Gasteiger partial charge in [0.2, 0.25) is 0 Å². The fourth-order valence-electron chi connectivity index (χ4n) is 3.06. The molecule has 1 aromatic carbocycles. The molecule has 0 aliphatic carbocycles. The lowest BCUT2D eigenvalue weighted by Crippen LogP contribution is -2.33. The Kier molecular flexibility index (Phi) is 3.16. The van der Waals surface area contributed by atoms with Crippen LogP contribution >= 0.6 is 15.9 Å². The molecule has 3 nitrogen and oxygen atoms in total. The smallest absolute Gasteiger partial charge is 0.253 e. The Morgan fingerprint density at radius 2 is 2.28 bits per heavy atom. The van der Waals surface area contributed by atoms with Crippen molar-refractivity contribution < 1.29 is 4.79 Å². The molecule has 4 heteroatoms. The average Bonchev–Trinajstić information content (AvgIpc) is 3.00. The molecule has 2 aliphatic heterocycles. The van der Waals surface area contributed by atoms with E-state index < -0.39 is 0 Å². The summed E-state index contributed by atoms with van der Waals surface area (Å²) >= 11 is 3.42. The molecule has 1 amide bonds. The first-order valence-corrected chi connectivity index (χ1v) is 7.23. The van der Waals surface area contributed by atoms with Crippen molar-refractivity contribution in [2.24, 2.45) is 5.41 Å². The number of rotatable bonds is 1. The molecule has 18 heavy (non-hydrogen) atoms. The lowest BCUT2D eigenvalue weighted by Gasteiger charge is -2.22. The molecule has 0 saturated carbocycles. The quantitative estimate of drug-likeness (QED) is 0.863. The van der Waals surface area contributed by atoms with Crippen LogP contribution in [0, 0.1) is 5.41 Å². The van der Waals surface area contributed by atoms with Gasteiger partial charge >= 0.3 is 0 Å². The fourth-order valence-corrected chi connectivity index (χ4v) is 3.46. The summed E-state index contributed by atoms with van der Waals surface area (Å²) in [5, 5.41) is 3.42. The number of benzene rings is 1. The van der Waals surface area contributed by atoms with Gasteiger partial charge in [-0.15, -0.1) is 0 Å². The Hall–Kier alpha value is -0.870. The second-order valence-electron chi connectivity index (χ2n) is 5.41. The van der Waals surface area contributed by atoms with Crippen molar-refractivity contribution in [1.82, 2.24) is 10.2 Å². The highest BCUT2D eigenvalue weighted by Crippen LogP contribution is 2.36. The van der Waals surface area contributed by atoms with E-state index in [1.807, 2.05) is 29.2 Å². The number of hydrogen-bond acceptors (Lipinski definition) is 2. The van der Waals surface area contributed by atoms with Gasteiger partial charge in [-0.1, -0.05) is 22.0 Å². The number of nitrogens with zero attached hydrogens (tertiary/aromatic N) is 1. The summed E-state index contributed by atoms with van der Waals surface area (Å²) in [5.41, 5.74) is 1.13. The second kappa shape index (κ2) is 4.67. The number of nitrogens with one attached hydrogen (secondary N) is 1. The zero-order chi connectivity index (χ0) is 12.6. The van der Waals surface area contributed by atoms with E-state index in [-0.39, 0.29) is 5.91 Å². The van der Waals surface area contributed by atoms with Crippen molar-refractivity contribution >= 4 is 21.8 Å². The number of carbonyl (C=O) groups excluding carboxylic acids is 1. The van der Waals surface area contributed by atoms with Crippen LogP contribution in [0.2, 0.25) is 0 Å². The molecular formula is C14H17BrN2O. The van der Waals surface area contributed by atoms with Gasteiger partial charge in [-0.2, -0.15) is 0 Å². The molecule has 96 valence electrons. The Bertz CT molecular complexity index is 469. The summed E-state index contributed by atoms with van der Waals surface area (Å²) in [6.07, 6.45) is 2.34. The summed E-state index contributed by atoms with van der Waals surface area (Å²) in [5.74, 6) is 0.167. The van der Waals surface area contributed by atoms with Crippen molar-refractivity contribution in [1.29, 1.82) is 0 Å². The molecule has 1 unspecified atom stereocenters. The highest BCUT2D eigenvalue weighted by molar-refractivity contribution is 9.10. The predicted molar refractivity (Wildman–Crippen MR) is 74.6 cm³/mol. The Balaban J connectivity index is 1.74. The van der Waals surface area contributed by atoms with Crippen LogP contribution < -0.4 is 5.32 Å². The van der Waals surface area contributed by atoms with Gasteiger partial charge in [-0.3, -0.25) is 4.79 Å². The van der Waals surface area contributed by atoms with Crippen molar-refractivity contribution in [3.05, 3.63) is 34.3 Å². The van der Waals surface area contributed by atoms with Gasteiger partial charge in [0.1, 0.15) is 0 Å². The molecule has 1 atom stereocenters. The van der Waals surface area contributed by atoms with Crippen LogP contribution in [0.25, 0.3) is 0 Å². The van der Waals surface area contributed by atoms with Crippen LogP contribution in [0.3, 0.4) is 0 Å². The first-order valence-electron chi connectivity index (χ1n) is 6.44. The SMILES string of the molecule is O=C(c1cccc(Br)c1)N1CCC2(CCNC2)C1. The van der Waals surface area contributed by atoms with Crippen molar-refractivity contribution in [2.45, 2.75) is 12.8 Å². The van der Waals surface area contributed by atoms with Crippen molar-refractivity contribution in [2.75, 3.05) is 26.2 Å². The molecular weight excluding hydrogens is 292 g/mol. The standard InChI is InChI=1S/C14H17BrN2O/c15-12-3-1-2-11(8-12)13(18)17-7-5-14(10-17)4-6-16-9-14/h1-3,8,16H,4-7,9-10H2. The average molecular weight is 309 g/mol. The third kappa shape index (κ3) is 2.19. The third-order valence-electron chi connectivity index (χ3n) is 4.13. The van der Waals surface area contributed by atoms with Crippen LogP contribution in [-0.4, -0.2) is 37.0 Å². The molecule has 2 fully saturated rings. The predicted octanol–water partition coefficient (Wildman–Crippen LogP) is 2.27.